The number of fused-ring (bicyclic) bond motifs is 4. The molecule has 32 heavy (non-hydrogen) atoms. The van der Waals surface area contributed by atoms with E-state index in [0.29, 0.717) is 45.6 Å². The maximum absolute atomic E-state index is 14.1. The van der Waals surface area contributed by atoms with Crippen molar-refractivity contribution in [3.63, 3.8) is 0 Å². The summed E-state index contributed by atoms with van der Waals surface area (Å²) in [4.78, 5) is 0.249. The van der Waals surface area contributed by atoms with Crippen LogP contribution in [0.15, 0.2) is 75.8 Å². The Morgan fingerprint density at radius 1 is 0.969 bits per heavy atom. The van der Waals surface area contributed by atoms with E-state index in [4.69, 9.17) is 23.1 Å². The van der Waals surface area contributed by atoms with Gasteiger partial charge < -0.3 is 11.5 Å². The minimum absolute atomic E-state index is 0.158. The second-order valence-corrected chi connectivity index (χ2v) is 9.85. The molecule has 162 valence electrons. The lowest BCUT2D eigenvalue weighted by molar-refractivity contribution is 0.587. The average molecular weight is 466 g/mol. The van der Waals surface area contributed by atoms with Crippen molar-refractivity contribution in [3.05, 3.63) is 76.9 Å². The van der Waals surface area contributed by atoms with E-state index in [1.807, 2.05) is 30.3 Å². The number of rotatable bonds is 3. The molecule has 0 aliphatic heterocycles. The number of guanidine groups is 1. The van der Waals surface area contributed by atoms with Crippen molar-refractivity contribution in [1.82, 2.24) is 3.97 Å². The Morgan fingerprint density at radius 3 is 2.56 bits per heavy atom. The van der Waals surface area contributed by atoms with Crippen LogP contribution in [0.3, 0.4) is 0 Å². The molecule has 0 spiro atoms. The van der Waals surface area contributed by atoms with Crippen molar-refractivity contribution in [1.29, 1.82) is 0 Å². The molecule has 5 rings (SSSR count). The number of halogens is 1. The second kappa shape index (κ2) is 7.65. The molecule has 1 aliphatic carbocycles. The summed E-state index contributed by atoms with van der Waals surface area (Å²) in [7, 11) is -3.92. The predicted molar refractivity (Wildman–Crippen MR) is 129 cm³/mol. The van der Waals surface area contributed by atoms with E-state index in [2.05, 4.69) is 10.2 Å². The summed E-state index contributed by atoms with van der Waals surface area (Å²) in [5.74, 6) is -0.158. The van der Waals surface area contributed by atoms with Gasteiger partial charge in [-0.1, -0.05) is 48.0 Å². The minimum Gasteiger partial charge on any atom is -0.369 e. The number of nitrogens with two attached hydrogens (primary N) is 2. The minimum atomic E-state index is -3.92. The van der Waals surface area contributed by atoms with Crippen LogP contribution in [0, 0.1) is 0 Å². The van der Waals surface area contributed by atoms with Crippen LogP contribution >= 0.6 is 11.6 Å². The quantitative estimate of drug-likeness (QED) is 0.270. The van der Waals surface area contributed by atoms with E-state index in [0.717, 1.165) is 17.4 Å². The van der Waals surface area contributed by atoms with Crippen LogP contribution in [0.4, 0.5) is 0 Å². The van der Waals surface area contributed by atoms with Crippen molar-refractivity contribution in [2.75, 3.05) is 0 Å². The van der Waals surface area contributed by atoms with E-state index >= 15 is 0 Å². The third-order valence-corrected chi connectivity index (χ3v) is 7.69. The van der Waals surface area contributed by atoms with E-state index < -0.39 is 10.0 Å². The second-order valence-electron chi connectivity index (χ2n) is 7.66. The summed E-state index contributed by atoms with van der Waals surface area (Å²) in [6.45, 7) is 0. The molecule has 0 unspecified atom stereocenters. The molecule has 0 atom stereocenters. The number of benzene rings is 3. The molecule has 0 fully saturated rings. The van der Waals surface area contributed by atoms with Crippen LogP contribution in [-0.2, 0) is 16.4 Å². The molecule has 0 radical (unpaired) electrons. The van der Waals surface area contributed by atoms with Crippen molar-refractivity contribution in [2.45, 2.75) is 24.2 Å². The summed E-state index contributed by atoms with van der Waals surface area (Å²) in [5, 5.41) is 10.8. The Bertz CT molecular complexity index is 1540. The lowest BCUT2D eigenvalue weighted by Gasteiger charge is -2.18. The van der Waals surface area contributed by atoms with Gasteiger partial charge in [0, 0.05) is 27.1 Å². The highest BCUT2D eigenvalue weighted by Crippen LogP contribution is 2.37. The highest BCUT2D eigenvalue weighted by molar-refractivity contribution is 7.90. The zero-order valence-corrected chi connectivity index (χ0v) is 18.6. The Balaban J connectivity index is 1.86. The molecular weight excluding hydrogens is 446 g/mol. The molecule has 7 nitrogen and oxygen atoms in total. The fraction of sp³-hybridized carbons (Fsp3) is 0.130. The monoisotopic (exact) mass is 465 g/mol. The first-order chi connectivity index (χ1) is 15.4. The number of hydrogen-bond donors (Lipinski definition) is 2. The summed E-state index contributed by atoms with van der Waals surface area (Å²) in [6.07, 6.45) is 1.93. The lowest BCUT2D eigenvalue weighted by atomic mass is 9.94. The number of nitrogens with zero attached hydrogens (tertiary/aromatic N) is 3. The highest BCUT2D eigenvalue weighted by atomic mass is 35.5. The van der Waals surface area contributed by atoms with Crippen LogP contribution in [0.1, 0.15) is 24.1 Å². The molecule has 0 saturated carbocycles. The molecule has 4 aromatic rings. The van der Waals surface area contributed by atoms with Gasteiger partial charge in [-0.25, -0.2) is 12.4 Å². The zero-order valence-electron chi connectivity index (χ0n) is 17.0. The van der Waals surface area contributed by atoms with Crippen molar-refractivity contribution in [3.8, 4) is 0 Å². The molecule has 9 heteroatoms. The highest BCUT2D eigenvalue weighted by Gasteiger charge is 2.31. The molecule has 1 heterocycles. The summed E-state index contributed by atoms with van der Waals surface area (Å²) in [5.41, 5.74) is 13.5. The zero-order chi connectivity index (χ0) is 22.5. The predicted octanol–water partition coefficient (Wildman–Crippen LogP) is 4.00. The van der Waals surface area contributed by atoms with Crippen LogP contribution in [0.5, 0.6) is 0 Å². The van der Waals surface area contributed by atoms with Crippen molar-refractivity contribution >= 4 is 55.0 Å². The van der Waals surface area contributed by atoms with Gasteiger partial charge in [0.1, 0.15) is 0 Å². The van der Waals surface area contributed by atoms with Crippen molar-refractivity contribution < 1.29 is 8.42 Å². The van der Waals surface area contributed by atoms with Crippen LogP contribution in [0.2, 0.25) is 5.02 Å². The topological polar surface area (TPSA) is 116 Å². The molecule has 0 bridgehead atoms. The maximum Gasteiger partial charge on any atom is 0.269 e. The lowest BCUT2D eigenvalue weighted by Crippen LogP contribution is -2.23. The van der Waals surface area contributed by atoms with Gasteiger partial charge in [-0.05, 0) is 48.9 Å². The Kier molecular flexibility index (Phi) is 4.91. The number of hydrogen-bond acceptors (Lipinski definition) is 4. The van der Waals surface area contributed by atoms with Crippen molar-refractivity contribution in [2.24, 2.45) is 21.7 Å². The third-order valence-electron chi connectivity index (χ3n) is 5.65. The molecule has 4 N–H and O–H groups in total. The van der Waals surface area contributed by atoms with Gasteiger partial charge >= 0.3 is 0 Å². The molecule has 0 saturated heterocycles. The SMILES string of the molecule is NC(N)=N/N=C1/CCCc2c1c1cc(Cl)ccc1n2S(=O)(=O)c1cccc2ccccc12. The maximum atomic E-state index is 14.1. The molecule has 1 aromatic heterocycles. The summed E-state index contributed by atoms with van der Waals surface area (Å²) >= 11 is 6.29. The van der Waals surface area contributed by atoms with Crippen LogP contribution < -0.4 is 11.5 Å². The van der Waals surface area contributed by atoms with Gasteiger partial charge in [0.25, 0.3) is 10.0 Å². The van der Waals surface area contributed by atoms with Gasteiger partial charge in [-0.2, -0.15) is 5.10 Å². The van der Waals surface area contributed by atoms with Gasteiger partial charge in [0.2, 0.25) is 5.96 Å². The number of aromatic nitrogens is 1. The standard InChI is InChI=1S/C23H20ClN5O2S/c24-15-11-12-19-17(13-15)22-18(27-28-23(25)26)8-4-9-20(22)29(19)32(30,31)21-10-3-6-14-5-1-2-7-16(14)21/h1-3,5-7,10-13H,4,8-9H2,(H4,25,26,28)/b27-18-. The van der Waals surface area contributed by atoms with E-state index in [1.54, 1.807) is 30.3 Å². The largest absolute Gasteiger partial charge is 0.369 e. The molecule has 0 amide bonds. The smallest absolute Gasteiger partial charge is 0.269 e. The molecule has 1 aliphatic rings. The Labute approximate surface area is 190 Å². The van der Waals surface area contributed by atoms with E-state index in [1.165, 1.54) is 3.97 Å². The third kappa shape index (κ3) is 3.23. The first kappa shape index (κ1) is 20.5. The van der Waals surface area contributed by atoms with Gasteiger partial charge in [-0.3, -0.25) is 0 Å². The fourth-order valence-electron chi connectivity index (χ4n) is 4.40. The van der Waals surface area contributed by atoms with Gasteiger partial charge in [0.05, 0.1) is 16.1 Å². The molecule has 3 aromatic carbocycles. The normalized spacial score (nSPS) is 15.2. The Morgan fingerprint density at radius 2 is 1.75 bits per heavy atom. The summed E-state index contributed by atoms with van der Waals surface area (Å²) in [6, 6.07) is 17.9. The molecular formula is C23H20ClN5O2S. The average Bonchev–Trinajstić information content (AvgIpc) is 3.12. The summed E-state index contributed by atoms with van der Waals surface area (Å²) < 4.78 is 29.6. The Hall–Kier alpha value is -3.36. The van der Waals surface area contributed by atoms with Gasteiger partial charge in [-0.15, -0.1) is 5.10 Å². The van der Waals surface area contributed by atoms with E-state index in [-0.39, 0.29) is 10.9 Å². The van der Waals surface area contributed by atoms with Gasteiger partial charge in [0.15, 0.2) is 0 Å². The van der Waals surface area contributed by atoms with Crippen LogP contribution in [-0.4, -0.2) is 24.1 Å². The van der Waals surface area contributed by atoms with Crippen LogP contribution in [0.25, 0.3) is 21.7 Å². The first-order valence-electron chi connectivity index (χ1n) is 10.1. The van der Waals surface area contributed by atoms with E-state index in [9.17, 15) is 8.42 Å². The fourth-order valence-corrected chi connectivity index (χ4v) is 6.37. The first-order valence-corrected chi connectivity index (χ1v) is 11.9.